The zero-order valence-corrected chi connectivity index (χ0v) is 13.9. The van der Waals surface area contributed by atoms with Gasteiger partial charge in [0, 0.05) is 30.9 Å². The number of hydrogen-bond acceptors (Lipinski definition) is 6. The second-order valence-corrected chi connectivity index (χ2v) is 6.09. The van der Waals surface area contributed by atoms with Crippen molar-refractivity contribution in [2.24, 2.45) is 5.92 Å². The summed E-state index contributed by atoms with van der Waals surface area (Å²) in [6, 6.07) is 14.9. The van der Waals surface area contributed by atoms with Crippen LogP contribution in [-0.4, -0.2) is 39.1 Å². The van der Waals surface area contributed by atoms with Crippen molar-refractivity contribution < 1.29 is 9.90 Å². The van der Waals surface area contributed by atoms with E-state index >= 15 is 0 Å². The van der Waals surface area contributed by atoms with Gasteiger partial charge in [-0.05, 0) is 12.1 Å². The maximum absolute atomic E-state index is 12.3. The molecular weight excluding hydrogens is 330 g/mol. The highest BCUT2D eigenvalue weighted by atomic mass is 16.3. The fraction of sp³-hybridized carbons (Fsp3) is 0.158. The summed E-state index contributed by atoms with van der Waals surface area (Å²) in [6.45, 7) is 1.12. The summed E-state index contributed by atoms with van der Waals surface area (Å²) in [6.07, 6.45) is 3.06. The van der Waals surface area contributed by atoms with Crippen LogP contribution in [0.2, 0.25) is 0 Å². The van der Waals surface area contributed by atoms with Gasteiger partial charge in [0.1, 0.15) is 12.1 Å². The number of carbonyl (C=O) groups is 1. The summed E-state index contributed by atoms with van der Waals surface area (Å²) in [5, 5.41) is 12.4. The molecule has 0 saturated carbocycles. The molecule has 1 fully saturated rings. The number of aromatic nitrogens is 3. The summed E-state index contributed by atoms with van der Waals surface area (Å²) in [5.41, 5.74) is 1.87. The predicted molar refractivity (Wildman–Crippen MR) is 97.7 cm³/mol. The van der Waals surface area contributed by atoms with Crippen molar-refractivity contribution in [3.63, 3.8) is 0 Å². The third-order valence-corrected chi connectivity index (χ3v) is 4.33. The molecule has 2 N–H and O–H groups in total. The van der Waals surface area contributed by atoms with Gasteiger partial charge >= 0.3 is 0 Å². The molecule has 4 rings (SSSR count). The molecular formula is C19H17N5O2. The number of amides is 1. The van der Waals surface area contributed by atoms with Crippen LogP contribution >= 0.6 is 0 Å². The molecule has 0 atom stereocenters. The molecule has 0 spiro atoms. The summed E-state index contributed by atoms with van der Waals surface area (Å²) in [4.78, 5) is 26.9. The van der Waals surface area contributed by atoms with Crippen molar-refractivity contribution in [1.82, 2.24) is 15.0 Å². The summed E-state index contributed by atoms with van der Waals surface area (Å²) < 4.78 is 0. The quantitative estimate of drug-likeness (QED) is 0.753. The van der Waals surface area contributed by atoms with Gasteiger partial charge in [-0.15, -0.1) is 0 Å². The Hall–Kier alpha value is -3.48. The van der Waals surface area contributed by atoms with Gasteiger partial charge in [-0.3, -0.25) is 4.79 Å². The van der Waals surface area contributed by atoms with E-state index in [9.17, 15) is 9.90 Å². The van der Waals surface area contributed by atoms with E-state index in [1.807, 2.05) is 41.3 Å². The van der Waals surface area contributed by atoms with E-state index in [1.165, 1.54) is 18.6 Å². The minimum Gasteiger partial charge on any atom is -0.504 e. The highest BCUT2D eigenvalue weighted by molar-refractivity contribution is 5.94. The summed E-state index contributed by atoms with van der Waals surface area (Å²) in [7, 11) is 0. The number of rotatable bonds is 4. The fourth-order valence-electron chi connectivity index (χ4n) is 2.83. The standard InChI is InChI=1S/C19H17N5O2/c25-16-7-4-8-20-18(16)23-19(26)14-10-24(11-14)17-9-15(21-12-22-17)13-5-2-1-3-6-13/h1-9,12,14,25H,10-11H2,(H,20,23,26). The average Bonchev–Trinajstić information content (AvgIpc) is 2.63. The van der Waals surface area contributed by atoms with Crippen molar-refractivity contribution in [2.45, 2.75) is 0 Å². The van der Waals surface area contributed by atoms with Crippen LogP contribution in [0.25, 0.3) is 11.3 Å². The molecule has 7 heteroatoms. The maximum atomic E-state index is 12.3. The topological polar surface area (TPSA) is 91.2 Å². The van der Waals surface area contributed by atoms with Crippen molar-refractivity contribution in [2.75, 3.05) is 23.3 Å². The third-order valence-electron chi connectivity index (χ3n) is 4.33. The highest BCUT2D eigenvalue weighted by Crippen LogP contribution is 2.27. The second-order valence-electron chi connectivity index (χ2n) is 6.09. The Bertz CT molecular complexity index is 926. The first kappa shape index (κ1) is 16.0. The summed E-state index contributed by atoms with van der Waals surface area (Å²) in [5.74, 6) is 0.604. The number of nitrogens with zero attached hydrogens (tertiary/aromatic N) is 4. The zero-order chi connectivity index (χ0) is 17.9. The number of pyridine rings is 1. The van der Waals surface area contributed by atoms with Crippen LogP contribution in [0.1, 0.15) is 0 Å². The average molecular weight is 347 g/mol. The Balaban J connectivity index is 1.40. The molecule has 3 aromatic rings. The van der Waals surface area contributed by atoms with Crippen LogP contribution in [0.3, 0.4) is 0 Å². The van der Waals surface area contributed by atoms with Crippen LogP contribution < -0.4 is 10.2 Å². The van der Waals surface area contributed by atoms with Gasteiger partial charge in [-0.25, -0.2) is 15.0 Å². The van der Waals surface area contributed by atoms with E-state index in [4.69, 9.17) is 0 Å². The lowest BCUT2D eigenvalue weighted by molar-refractivity contribution is -0.120. The van der Waals surface area contributed by atoms with Crippen molar-refractivity contribution >= 4 is 17.5 Å². The number of carbonyl (C=O) groups excluding carboxylic acids is 1. The lowest BCUT2D eigenvalue weighted by atomic mass is 9.99. The van der Waals surface area contributed by atoms with Crippen LogP contribution in [0.4, 0.5) is 11.6 Å². The van der Waals surface area contributed by atoms with Crippen molar-refractivity contribution in [3.8, 4) is 17.0 Å². The molecule has 7 nitrogen and oxygen atoms in total. The first-order valence-corrected chi connectivity index (χ1v) is 8.28. The third kappa shape index (κ3) is 3.19. The Morgan fingerprint density at radius 2 is 1.88 bits per heavy atom. The van der Waals surface area contributed by atoms with Crippen LogP contribution in [-0.2, 0) is 4.79 Å². The minimum atomic E-state index is -0.174. The SMILES string of the molecule is O=C(Nc1ncccc1O)C1CN(c2cc(-c3ccccc3)ncn2)C1. The van der Waals surface area contributed by atoms with Crippen LogP contribution in [0.5, 0.6) is 5.75 Å². The number of hydrogen-bond donors (Lipinski definition) is 2. The molecule has 1 saturated heterocycles. The fourth-order valence-corrected chi connectivity index (χ4v) is 2.83. The first-order valence-electron chi connectivity index (χ1n) is 8.28. The number of aromatic hydroxyl groups is 1. The number of anilines is 2. The molecule has 3 heterocycles. The highest BCUT2D eigenvalue weighted by Gasteiger charge is 2.34. The van der Waals surface area contributed by atoms with Crippen LogP contribution in [0.15, 0.2) is 61.1 Å². The molecule has 1 aliphatic rings. The molecule has 0 radical (unpaired) electrons. The Morgan fingerprint density at radius 3 is 2.65 bits per heavy atom. The molecule has 0 bridgehead atoms. The van der Waals surface area contributed by atoms with Gasteiger partial charge in [-0.1, -0.05) is 30.3 Å². The lowest BCUT2D eigenvalue weighted by Crippen LogP contribution is -2.52. The van der Waals surface area contributed by atoms with Gasteiger partial charge in [0.25, 0.3) is 0 Å². The zero-order valence-electron chi connectivity index (χ0n) is 13.9. The van der Waals surface area contributed by atoms with E-state index in [1.54, 1.807) is 6.07 Å². The first-order chi connectivity index (χ1) is 12.7. The molecule has 1 aromatic carbocycles. The van der Waals surface area contributed by atoms with Gasteiger partial charge in [0.2, 0.25) is 5.91 Å². The normalized spacial score (nSPS) is 13.9. The molecule has 1 amide bonds. The minimum absolute atomic E-state index is 0.0414. The monoisotopic (exact) mass is 347 g/mol. The number of nitrogens with one attached hydrogen (secondary N) is 1. The van der Waals surface area contributed by atoms with Gasteiger partial charge in [0.05, 0.1) is 11.6 Å². The van der Waals surface area contributed by atoms with E-state index in [2.05, 4.69) is 20.3 Å². The van der Waals surface area contributed by atoms with E-state index in [0.29, 0.717) is 13.1 Å². The van der Waals surface area contributed by atoms with Gasteiger partial charge in [-0.2, -0.15) is 0 Å². The Labute approximate surface area is 150 Å². The predicted octanol–water partition coefficient (Wildman–Crippen LogP) is 2.32. The Kier molecular flexibility index (Phi) is 4.18. The van der Waals surface area contributed by atoms with E-state index in [0.717, 1.165) is 17.1 Å². The molecule has 0 unspecified atom stereocenters. The number of benzene rings is 1. The van der Waals surface area contributed by atoms with Gasteiger partial charge in [0.15, 0.2) is 11.6 Å². The van der Waals surface area contributed by atoms with Gasteiger partial charge < -0.3 is 15.3 Å². The van der Waals surface area contributed by atoms with Crippen molar-refractivity contribution in [1.29, 1.82) is 0 Å². The largest absolute Gasteiger partial charge is 0.504 e. The van der Waals surface area contributed by atoms with Crippen molar-refractivity contribution in [3.05, 3.63) is 61.1 Å². The molecule has 2 aromatic heterocycles. The molecule has 0 aliphatic carbocycles. The molecule has 130 valence electrons. The van der Waals surface area contributed by atoms with Crippen LogP contribution in [0, 0.1) is 5.92 Å². The van der Waals surface area contributed by atoms with E-state index < -0.39 is 0 Å². The maximum Gasteiger partial charge on any atom is 0.232 e. The second kappa shape index (κ2) is 6.79. The smallest absolute Gasteiger partial charge is 0.232 e. The lowest BCUT2D eigenvalue weighted by Gasteiger charge is -2.39. The molecule has 26 heavy (non-hydrogen) atoms. The Morgan fingerprint density at radius 1 is 1.08 bits per heavy atom. The van der Waals surface area contributed by atoms with E-state index in [-0.39, 0.29) is 23.4 Å². The molecule has 1 aliphatic heterocycles. The summed E-state index contributed by atoms with van der Waals surface area (Å²) >= 11 is 0.